The van der Waals surface area contributed by atoms with Gasteiger partial charge in [0.15, 0.2) is 11.7 Å². The average molecular weight is 693 g/mol. The summed E-state index contributed by atoms with van der Waals surface area (Å²) in [6, 6.07) is 43.0. The molecule has 0 atom stereocenters. The van der Waals surface area contributed by atoms with Crippen LogP contribution in [0.5, 0.6) is 0 Å². The maximum absolute atomic E-state index is 9.11. The fourth-order valence-electron chi connectivity index (χ4n) is 7.12. The van der Waals surface area contributed by atoms with Crippen LogP contribution < -0.4 is 27.3 Å². The molecule has 0 aliphatic rings. The number of furan rings is 2. The smallest absolute Gasteiger partial charge is 0.161 e. The van der Waals surface area contributed by atoms with Gasteiger partial charge in [-0.2, -0.15) is 0 Å². The molecule has 55 heavy (non-hydrogen) atoms. The SMILES string of the molecule is [B]c1c([B])c([B])c(-c2ccc(-c3ccc4oc5cccc(C=NC(=NC(=N)c6cccc7c6oc6ccccc67)c6ccccc6)c5c4c3)cc2)c([B])c1[B]. The molecular formula is C45H24B5N3O2. The lowest BCUT2D eigenvalue weighted by atomic mass is 9.59. The average Bonchev–Trinajstić information content (AvgIpc) is 3.80. The Bertz CT molecular complexity index is 3030. The van der Waals surface area contributed by atoms with Crippen molar-refractivity contribution in [3.63, 3.8) is 0 Å². The van der Waals surface area contributed by atoms with E-state index in [4.69, 9.17) is 63.5 Å². The summed E-state index contributed by atoms with van der Waals surface area (Å²) >= 11 is 0. The van der Waals surface area contributed by atoms with Crippen LogP contribution in [0.25, 0.3) is 66.1 Å². The quantitative estimate of drug-likeness (QED) is 0.143. The molecule has 10 heteroatoms. The second kappa shape index (κ2) is 13.7. The van der Waals surface area contributed by atoms with Crippen LogP contribution in [0, 0.1) is 5.41 Å². The van der Waals surface area contributed by atoms with E-state index < -0.39 is 0 Å². The zero-order chi connectivity index (χ0) is 37.8. The minimum Gasteiger partial charge on any atom is -0.456 e. The second-order valence-corrected chi connectivity index (χ2v) is 13.2. The van der Waals surface area contributed by atoms with E-state index in [0.717, 1.165) is 66.1 Å². The van der Waals surface area contributed by atoms with Gasteiger partial charge in [-0.25, -0.2) is 9.98 Å². The van der Waals surface area contributed by atoms with E-state index in [2.05, 4.69) is 6.07 Å². The molecule has 246 valence electrons. The van der Waals surface area contributed by atoms with Gasteiger partial charge in [0.05, 0.1) is 5.56 Å². The number of nitrogens with zero attached hydrogens (tertiary/aromatic N) is 2. The van der Waals surface area contributed by atoms with Gasteiger partial charge in [0, 0.05) is 38.9 Å². The Morgan fingerprint density at radius 1 is 0.527 bits per heavy atom. The predicted molar refractivity (Wildman–Crippen MR) is 233 cm³/mol. The molecule has 0 aliphatic carbocycles. The Morgan fingerprint density at radius 2 is 1.15 bits per heavy atom. The summed E-state index contributed by atoms with van der Waals surface area (Å²) in [7, 11) is 30.9. The molecule has 1 N–H and O–H groups in total. The first kappa shape index (κ1) is 34.3. The maximum Gasteiger partial charge on any atom is 0.161 e. The van der Waals surface area contributed by atoms with Crippen LogP contribution in [-0.4, -0.2) is 57.1 Å². The highest BCUT2D eigenvalue weighted by Gasteiger charge is 2.17. The Kier molecular flexibility index (Phi) is 8.54. The number of nitrogens with one attached hydrogen (secondary N) is 1. The highest BCUT2D eigenvalue weighted by molar-refractivity contribution is 6.68. The molecule has 7 aromatic carbocycles. The van der Waals surface area contributed by atoms with Crippen molar-refractivity contribution in [1.82, 2.24) is 0 Å². The van der Waals surface area contributed by atoms with Gasteiger partial charge in [0.25, 0.3) is 0 Å². The highest BCUT2D eigenvalue weighted by atomic mass is 16.3. The van der Waals surface area contributed by atoms with E-state index in [1.165, 1.54) is 0 Å². The number of hydrogen-bond acceptors (Lipinski definition) is 3. The minimum atomic E-state index is 0.0389. The monoisotopic (exact) mass is 693 g/mol. The van der Waals surface area contributed by atoms with Gasteiger partial charge >= 0.3 is 0 Å². The molecule has 0 aliphatic heterocycles. The molecule has 0 unspecified atom stereocenters. The first-order valence-corrected chi connectivity index (χ1v) is 17.5. The van der Waals surface area contributed by atoms with Gasteiger partial charge in [-0.15, -0.1) is 16.4 Å². The number of aliphatic imine (C=N–C) groups is 2. The number of para-hydroxylation sites is 2. The molecule has 10 radical (unpaired) electrons. The zero-order valence-electron chi connectivity index (χ0n) is 29.4. The number of rotatable bonds is 5. The molecule has 9 aromatic rings. The lowest BCUT2D eigenvalue weighted by molar-refractivity contribution is 0.668. The van der Waals surface area contributed by atoms with Crippen LogP contribution in [0.1, 0.15) is 16.7 Å². The van der Waals surface area contributed by atoms with E-state index in [0.29, 0.717) is 33.5 Å². The highest BCUT2D eigenvalue weighted by Crippen LogP contribution is 2.35. The third kappa shape index (κ3) is 5.95. The fourth-order valence-corrected chi connectivity index (χ4v) is 7.12. The predicted octanol–water partition coefficient (Wildman–Crippen LogP) is 5.68. The van der Waals surface area contributed by atoms with Crippen molar-refractivity contribution >= 4 is 128 Å². The molecule has 9 rings (SSSR count). The second-order valence-electron chi connectivity index (χ2n) is 13.2. The van der Waals surface area contributed by atoms with Crippen LogP contribution in [-0.2, 0) is 0 Å². The Hall–Kier alpha value is -6.53. The van der Waals surface area contributed by atoms with E-state index in [1.54, 1.807) is 6.21 Å². The molecule has 0 fully saturated rings. The topological polar surface area (TPSA) is 74.8 Å². The summed E-state index contributed by atoms with van der Waals surface area (Å²) in [5.41, 5.74) is 9.46. The van der Waals surface area contributed by atoms with Crippen molar-refractivity contribution in [1.29, 1.82) is 5.41 Å². The first-order chi connectivity index (χ1) is 26.8. The van der Waals surface area contributed by atoms with Gasteiger partial charge in [0.2, 0.25) is 0 Å². The van der Waals surface area contributed by atoms with Crippen molar-refractivity contribution in [2.24, 2.45) is 9.98 Å². The third-order valence-electron chi connectivity index (χ3n) is 9.97. The molecular weight excluding hydrogens is 669 g/mol. The Balaban J connectivity index is 1.10. The van der Waals surface area contributed by atoms with Crippen molar-refractivity contribution in [2.75, 3.05) is 0 Å². The van der Waals surface area contributed by atoms with Crippen LogP contribution in [0.2, 0.25) is 0 Å². The normalized spacial score (nSPS) is 12.1. The molecule has 0 saturated carbocycles. The van der Waals surface area contributed by atoms with Crippen molar-refractivity contribution in [3.05, 3.63) is 150 Å². The molecule has 0 spiro atoms. The summed E-state index contributed by atoms with van der Waals surface area (Å²) in [5.74, 6) is 0.423. The summed E-state index contributed by atoms with van der Waals surface area (Å²) in [6.45, 7) is 0. The van der Waals surface area contributed by atoms with Crippen molar-refractivity contribution < 1.29 is 8.83 Å². The lowest BCUT2D eigenvalue weighted by Crippen LogP contribution is -2.55. The molecule has 5 nitrogen and oxygen atoms in total. The van der Waals surface area contributed by atoms with Crippen LogP contribution in [0.3, 0.4) is 0 Å². The number of amidine groups is 2. The Labute approximate surface area is 323 Å². The van der Waals surface area contributed by atoms with Gasteiger partial charge in [-0.3, -0.25) is 5.41 Å². The standard InChI is InChI=1S/C45H24B5N3O2/c46-38-37(39(47)41(49)42(50)40(38)48)25-18-16-24(17-19-25)27-20-21-34-32(22-27)36-28(10-6-15-35(36)54-34)23-52-45(26-8-2-1-3-9-26)53-44(51)31-13-7-12-30-29-11-4-5-14-33(29)55-43(30)31/h1-23,51H. The summed E-state index contributed by atoms with van der Waals surface area (Å²) in [4.78, 5) is 9.68. The summed E-state index contributed by atoms with van der Waals surface area (Å²) in [6.07, 6.45) is 1.78. The van der Waals surface area contributed by atoms with Crippen LogP contribution in [0.15, 0.2) is 152 Å². The third-order valence-corrected chi connectivity index (χ3v) is 9.97. The van der Waals surface area contributed by atoms with Crippen molar-refractivity contribution in [3.8, 4) is 22.3 Å². The van der Waals surface area contributed by atoms with Crippen LogP contribution >= 0.6 is 0 Å². The number of hydrogen-bond donors (Lipinski definition) is 1. The van der Waals surface area contributed by atoms with Crippen molar-refractivity contribution in [2.45, 2.75) is 0 Å². The van der Waals surface area contributed by atoms with E-state index in [-0.39, 0.29) is 22.2 Å². The molecule has 2 aromatic heterocycles. The summed E-state index contributed by atoms with van der Waals surface area (Å²) in [5, 5.41) is 12.9. The molecule has 0 saturated heterocycles. The van der Waals surface area contributed by atoms with Gasteiger partial charge < -0.3 is 8.83 Å². The van der Waals surface area contributed by atoms with E-state index >= 15 is 0 Å². The summed E-state index contributed by atoms with van der Waals surface area (Å²) < 4.78 is 12.5. The van der Waals surface area contributed by atoms with E-state index in [9.17, 15) is 0 Å². The van der Waals surface area contributed by atoms with Crippen LogP contribution in [0.4, 0.5) is 0 Å². The molecule has 2 heterocycles. The van der Waals surface area contributed by atoms with Gasteiger partial charge in [0.1, 0.15) is 61.6 Å². The van der Waals surface area contributed by atoms with Gasteiger partial charge in [-0.1, -0.05) is 114 Å². The lowest BCUT2D eigenvalue weighted by Gasteiger charge is -2.21. The number of fused-ring (bicyclic) bond motifs is 6. The number of benzene rings is 7. The minimum absolute atomic E-state index is 0.0389. The fraction of sp³-hybridized carbons (Fsp3) is 0. The molecule has 0 amide bonds. The maximum atomic E-state index is 9.11. The molecule has 0 bridgehead atoms. The largest absolute Gasteiger partial charge is 0.456 e. The Morgan fingerprint density at radius 3 is 1.93 bits per heavy atom. The first-order valence-electron chi connectivity index (χ1n) is 17.5. The van der Waals surface area contributed by atoms with E-state index in [1.807, 2.05) is 127 Å². The van der Waals surface area contributed by atoms with Gasteiger partial charge in [-0.05, 0) is 52.6 Å². The zero-order valence-corrected chi connectivity index (χ0v) is 29.4.